The number of amides is 2. The van der Waals surface area contributed by atoms with E-state index in [1.807, 2.05) is 65.5 Å². The Balaban J connectivity index is 1.43. The highest BCUT2D eigenvalue weighted by Crippen LogP contribution is 2.50. The zero-order valence-electron chi connectivity index (χ0n) is 23.4. The van der Waals surface area contributed by atoms with Gasteiger partial charge in [-0.3, -0.25) is 9.78 Å². The van der Waals surface area contributed by atoms with E-state index in [0.717, 1.165) is 46.2 Å². The second-order valence-corrected chi connectivity index (χ2v) is 11.0. The number of hydrogen-bond acceptors (Lipinski definition) is 7. The first-order valence-corrected chi connectivity index (χ1v) is 13.6. The standard InChI is InChI=1S/C30H37N5O4/c1-20(2)39-29(37)35-14-11-30(12-15-35)27-23-17-21(7-9-24(23)31-19-25(27)34(5)28(30)36)22-8-10-26(32-18-22)38-16-6-13-33(3)4/h7-10,17-20H,6,11-16H2,1-5H3. The number of carbonyl (C=O) groups excluding carboxylic acids is 2. The van der Waals surface area contributed by atoms with Crippen LogP contribution >= 0.6 is 0 Å². The summed E-state index contributed by atoms with van der Waals surface area (Å²) in [4.78, 5) is 41.0. The van der Waals surface area contributed by atoms with Gasteiger partial charge in [-0.15, -0.1) is 0 Å². The smallest absolute Gasteiger partial charge is 0.410 e. The lowest BCUT2D eigenvalue weighted by molar-refractivity contribution is -0.124. The molecule has 5 rings (SSSR count). The Morgan fingerprint density at radius 2 is 1.82 bits per heavy atom. The number of fused-ring (bicyclic) bond motifs is 4. The summed E-state index contributed by atoms with van der Waals surface area (Å²) in [7, 11) is 5.90. The zero-order chi connectivity index (χ0) is 27.7. The van der Waals surface area contributed by atoms with Gasteiger partial charge >= 0.3 is 6.09 Å². The Bertz CT molecular complexity index is 1360. The number of pyridine rings is 2. The van der Waals surface area contributed by atoms with E-state index in [-0.39, 0.29) is 18.1 Å². The molecule has 0 unspecified atom stereocenters. The zero-order valence-corrected chi connectivity index (χ0v) is 23.4. The van der Waals surface area contributed by atoms with Gasteiger partial charge in [0.2, 0.25) is 11.8 Å². The maximum Gasteiger partial charge on any atom is 0.410 e. The number of benzene rings is 1. The molecule has 0 saturated carbocycles. The van der Waals surface area contributed by atoms with E-state index in [9.17, 15) is 9.59 Å². The Morgan fingerprint density at radius 1 is 1.08 bits per heavy atom. The van der Waals surface area contributed by atoms with Gasteiger partial charge in [0.25, 0.3) is 0 Å². The fraction of sp³-hybridized carbons (Fsp3) is 0.467. The van der Waals surface area contributed by atoms with Gasteiger partial charge in [-0.25, -0.2) is 9.78 Å². The predicted octanol–water partition coefficient (Wildman–Crippen LogP) is 4.48. The van der Waals surface area contributed by atoms with Crippen molar-refractivity contribution < 1.29 is 19.1 Å². The van der Waals surface area contributed by atoms with E-state index in [0.29, 0.717) is 38.4 Å². The van der Waals surface area contributed by atoms with Crippen LogP contribution in [-0.4, -0.2) is 85.3 Å². The normalized spacial score (nSPS) is 16.4. The molecule has 2 aromatic heterocycles. The lowest BCUT2D eigenvalue weighted by atomic mass is 9.72. The van der Waals surface area contributed by atoms with E-state index < -0.39 is 5.41 Å². The van der Waals surface area contributed by atoms with Crippen molar-refractivity contribution in [2.45, 2.75) is 44.6 Å². The van der Waals surface area contributed by atoms with Crippen LogP contribution in [-0.2, 0) is 14.9 Å². The summed E-state index contributed by atoms with van der Waals surface area (Å²) >= 11 is 0. The fourth-order valence-electron chi connectivity index (χ4n) is 5.66. The van der Waals surface area contributed by atoms with Crippen molar-refractivity contribution >= 4 is 28.6 Å². The summed E-state index contributed by atoms with van der Waals surface area (Å²) < 4.78 is 11.2. The molecule has 3 aromatic rings. The predicted molar refractivity (Wildman–Crippen MR) is 151 cm³/mol. The minimum atomic E-state index is -0.693. The molecule has 0 radical (unpaired) electrons. The number of likely N-dealkylation sites (N-methyl/N-ethyl adjacent to an activating group) is 1. The number of piperidine rings is 1. The van der Waals surface area contributed by atoms with Crippen LogP contribution in [0, 0.1) is 0 Å². The summed E-state index contributed by atoms with van der Waals surface area (Å²) in [6, 6.07) is 10.1. The molecule has 1 aromatic carbocycles. The summed E-state index contributed by atoms with van der Waals surface area (Å²) in [6.45, 7) is 6.20. The average Bonchev–Trinajstić information content (AvgIpc) is 3.13. The first-order chi connectivity index (χ1) is 18.7. The van der Waals surface area contributed by atoms with Gasteiger partial charge in [-0.05, 0) is 71.0 Å². The van der Waals surface area contributed by atoms with Crippen LogP contribution in [0.1, 0.15) is 38.7 Å². The van der Waals surface area contributed by atoms with E-state index >= 15 is 0 Å². The van der Waals surface area contributed by atoms with Crippen LogP contribution in [0.3, 0.4) is 0 Å². The highest BCUT2D eigenvalue weighted by atomic mass is 16.6. The van der Waals surface area contributed by atoms with Crippen molar-refractivity contribution in [1.29, 1.82) is 0 Å². The molecule has 2 aliphatic rings. The number of hydrogen-bond donors (Lipinski definition) is 0. The number of ether oxygens (including phenoxy) is 2. The molecule has 1 saturated heterocycles. The number of anilines is 1. The average molecular weight is 532 g/mol. The largest absolute Gasteiger partial charge is 0.478 e. The van der Waals surface area contributed by atoms with Crippen molar-refractivity contribution in [1.82, 2.24) is 19.8 Å². The summed E-state index contributed by atoms with van der Waals surface area (Å²) in [5.74, 6) is 0.668. The topological polar surface area (TPSA) is 88.1 Å². The molecule has 39 heavy (non-hydrogen) atoms. The molecule has 206 valence electrons. The van der Waals surface area contributed by atoms with Crippen molar-refractivity contribution in [2.75, 3.05) is 52.3 Å². The summed E-state index contributed by atoms with van der Waals surface area (Å²) in [5.41, 5.74) is 3.96. The maximum absolute atomic E-state index is 13.7. The second kappa shape index (κ2) is 10.8. The highest BCUT2D eigenvalue weighted by molar-refractivity contribution is 6.12. The fourth-order valence-corrected chi connectivity index (χ4v) is 5.66. The Hall–Kier alpha value is -3.72. The minimum absolute atomic E-state index is 0.0616. The second-order valence-electron chi connectivity index (χ2n) is 11.0. The molecule has 0 N–H and O–H groups in total. The van der Waals surface area contributed by atoms with Crippen molar-refractivity contribution in [3.63, 3.8) is 0 Å². The monoisotopic (exact) mass is 531 g/mol. The molecule has 1 fully saturated rings. The first-order valence-electron chi connectivity index (χ1n) is 13.6. The SMILES string of the molecule is CC(C)OC(=O)N1CCC2(CC1)C(=O)N(C)c1cnc3ccc(-c4ccc(OCCCN(C)C)nc4)cc3c12. The Labute approximate surface area is 229 Å². The Kier molecular flexibility index (Phi) is 7.44. The molecule has 4 heterocycles. The van der Waals surface area contributed by atoms with E-state index in [2.05, 4.69) is 20.9 Å². The van der Waals surface area contributed by atoms with Crippen LogP contribution in [0.15, 0.2) is 42.7 Å². The van der Waals surface area contributed by atoms with Gasteiger partial charge in [0.05, 0.1) is 35.5 Å². The third-order valence-electron chi connectivity index (χ3n) is 7.68. The number of carbonyl (C=O) groups is 2. The molecule has 0 aliphatic carbocycles. The first kappa shape index (κ1) is 26.9. The molecular weight excluding hydrogens is 494 g/mol. The molecule has 2 amide bonds. The third kappa shape index (κ3) is 5.15. The van der Waals surface area contributed by atoms with E-state index in [4.69, 9.17) is 9.47 Å². The quantitative estimate of drug-likeness (QED) is 0.415. The minimum Gasteiger partial charge on any atom is -0.478 e. The molecule has 0 bridgehead atoms. The highest BCUT2D eigenvalue weighted by Gasteiger charge is 2.52. The van der Waals surface area contributed by atoms with Crippen LogP contribution in [0.25, 0.3) is 22.0 Å². The van der Waals surface area contributed by atoms with Gasteiger partial charge < -0.3 is 24.2 Å². The van der Waals surface area contributed by atoms with Crippen molar-refractivity contribution in [3.8, 4) is 17.0 Å². The maximum atomic E-state index is 13.7. The van der Waals surface area contributed by atoms with Gasteiger partial charge in [0, 0.05) is 55.5 Å². The summed E-state index contributed by atoms with van der Waals surface area (Å²) in [6.07, 6.45) is 5.14. The molecule has 2 aliphatic heterocycles. The van der Waals surface area contributed by atoms with E-state index in [1.54, 1.807) is 16.0 Å². The van der Waals surface area contributed by atoms with Gasteiger partial charge in [0.1, 0.15) is 0 Å². The van der Waals surface area contributed by atoms with E-state index in [1.165, 1.54) is 0 Å². The van der Waals surface area contributed by atoms with Crippen LogP contribution in [0.2, 0.25) is 0 Å². The lowest BCUT2D eigenvalue weighted by Gasteiger charge is -2.38. The summed E-state index contributed by atoms with van der Waals surface area (Å²) in [5, 5.41) is 0.963. The Morgan fingerprint density at radius 3 is 2.49 bits per heavy atom. The van der Waals surface area contributed by atoms with Crippen LogP contribution < -0.4 is 9.64 Å². The van der Waals surface area contributed by atoms with Crippen molar-refractivity contribution in [2.24, 2.45) is 0 Å². The number of likely N-dealkylation sites (tertiary alicyclic amines) is 1. The van der Waals surface area contributed by atoms with Crippen LogP contribution in [0.4, 0.5) is 10.5 Å². The number of rotatable bonds is 7. The number of nitrogens with zero attached hydrogens (tertiary/aromatic N) is 5. The molecular formula is C30H37N5O4. The van der Waals surface area contributed by atoms with Gasteiger partial charge in [-0.1, -0.05) is 6.07 Å². The lowest BCUT2D eigenvalue weighted by Crippen LogP contribution is -2.50. The van der Waals surface area contributed by atoms with Crippen LogP contribution in [0.5, 0.6) is 5.88 Å². The van der Waals surface area contributed by atoms with Gasteiger partial charge in [-0.2, -0.15) is 0 Å². The number of aromatic nitrogens is 2. The molecule has 9 heteroatoms. The van der Waals surface area contributed by atoms with Gasteiger partial charge in [0.15, 0.2) is 0 Å². The molecule has 9 nitrogen and oxygen atoms in total. The molecule has 1 spiro atoms. The molecule has 0 atom stereocenters. The third-order valence-corrected chi connectivity index (χ3v) is 7.68. The van der Waals surface area contributed by atoms with Crippen molar-refractivity contribution in [3.05, 3.63) is 48.3 Å².